The van der Waals surface area contributed by atoms with Crippen LogP contribution >= 0.6 is 0 Å². The molecule has 0 aromatic heterocycles. The van der Waals surface area contributed by atoms with E-state index in [1.54, 1.807) is 13.1 Å². The fraction of sp³-hybridized carbons (Fsp3) is 0.533. The molecular formula is C15H21FN2O. The van der Waals surface area contributed by atoms with Crippen molar-refractivity contribution < 1.29 is 9.18 Å². The first-order valence-corrected chi connectivity index (χ1v) is 6.68. The van der Waals surface area contributed by atoms with Crippen molar-refractivity contribution in [1.29, 1.82) is 0 Å². The summed E-state index contributed by atoms with van der Waals surface area (Å²) in [7, 11) is 1.65. The summed E-state index contributed by atoms with van der Waals surface area (Å²) >= 11 is 0. The number of rotatable bonds is 4. The van der Waals surface area contributed by atoms with Gasteiger partial charge in [-0.1, -0.05) is 6.07 Å². The second kappa shape index (κ2) is 5.29. The predicted molar refractivity (Wildman–Crippen MR) is 73.3 cm³/mol. The third-order valence-electron chi connectivity index (χ3n) is 3.81. The second-order valence-electron chi connectivity index (χ2n) is 5.78. The molecule has 0 heterocycles. The van der Waals surface area contributed by atoms with Gasteiger partial charge in [0.25, 0.3) is 0 Å². The molecule has 0 saturated heterocycles. The van der Waals surface area contributed by atoms with E-state index in [-0.39, 0.29) is 17.8 Å². The van der Waals surface area contributed by atoms with Crippen LogP contribution in [0, 0.1) is 11.2 Å². The first-order chi connectivity index (χ1) is 8.94. The smallest absolute Gasteiger partial charge is 0.226 e. The highest BCUT2D eigenvalue weighted by Gasteiger charge is 2.29. The molecule has 3 nitrogen and oxygen atoms in total. The molecule has 1 aliphatic rings. The van der Waals surface area contributed by atoms with Crippen LogP contribution in [0.15, 0.2) is 18.2 Å². The van der Waals surface area contributed by atoms with Crippen molar-refractivity contribution in [2.45, 2.75) is 32.7 Å². The van der Waals surface area contributed by atoms with E-state index < -0.39 is 5.41 Å². The monoisotopic (exact) mass is 264 g/mol. The first-order valence-electron chi connectivity index (χ1n) is 6.68. The van der Waals surface area contributed by atoms with Crippen molar-refractivity contribution in [3.8, 4) is 0 Å². The van der Waals surface area contributed by atoms with Gasteiger partial charge in [-0.25, -0.2) is 4.39 Å². The molecule has 1 aromatic carbocycles. The fourth-order valence-electron chi connectivity index (χ4n) is 2.60. The summed E-state index contributed by atoms with van der Waals surface area (Å²) in [5, 5.41) is 6.11. The molecular weight excluding hydrogens is 243 g/mol. The second-order valence-corrected chi connectivity index (χ2v) is 5.78. The molecule has 1 aromatic rings. The number of amides is 1. The normalized spacial score (nSPS) is 18.2. The Hall–Kier alpha value is -1.42. The highest BCUT2D eigenvalue weighted by molar-refractivity contribution is 5.81. The lowest BCUT2D eigenvalue weighted by atomic mass is 9.91. The van der Waals surface area contributed by atoms with E-state index in [0.717, 1.165) is 24.0 Å². The maximum atomic E-state index is 13.1. The summed E-state index contributed by atoms with van der Waals surface area (Å²) in [6, 6.07) is 5.19. The van der Waals surface area contributed by atoms with Crippen LogP contribution in [0.4, 0.5) is 4.39 Å². The van der Waals surface area contributed by atoms with Crippen molar-refractivity contribution in [2.75, 3.05) is 13.6 Å². The van der Waals surface area contributed by atoms with Crippen LogP contribution in [0.1, 0.15) is 37.4 Å². The lowest BCUT2D eigenvalue weighted by Crippen LogP contribution is -2.42. The fourth-order valence-corrected chi connectivity index (χ4v) is 2.60. The molecule has 1 unspecified atom stereocenters. The number of aryl methyl sites for hydroxylation is 1. The number of carbonyl (C=O) groups is 1. The molecule has 0 aliphatic heterocycles. The van der Waals surface area contributed by atoms with E-state index in [0.29, 0.717) is 6.54 Å². The van der Waals surface area contributed by atoms with E-state index in [1.807, 2.05) is 19.9 Å². The Morgan fingerprint density at radius 2 is 2.21 bits per heavy atom. The molecule has 0 spiro atoms. The molecule has 104 valence electrons. The van der Waals surface area contributed by atoms with Gasteiger partial charge in [0.05, 0.1) is 5.41 Å². The highest BCUT2D eigenvalue weighted by Crippen LogP contribution is 2.32. The molecule has 4 heteroatoms. The van der Waals surface area contributed by atoms with Crippen LogP contribution in [-0.4, -0.2) is 19.5 Å². The Morgan fingerprint density at radius 1 is 1.47 bits per heavy atom. The van der Waals surface area contributed by atoms with Crippen molar-refractivity contribution in [3.05, 3.63) is 35.1 Å². The van der Waals surface area contributed by atoms with Crippen LogP contribution in [0.5, 0.6) is 0 Å². The van der Waals surface area contributed by atoms with Crippen LogP contribution in [-0.2, 0) is 11.2 Å². The van der Waals surface area contributed by atoms with Gasteiger partial charge in [-0.2, -0.15) is 0 Å². The minimum Gasteiger partial charge on any atom is -0.359 e. The van der Waals surface area contributed by atoms with Gasteiger partial charge in [0.15, 0.2) is 0 Å². The molecule has 2 rings (SSSR count). The molecule has 2 N–H and O–H groups in total. The van der Waals surface area contributed by atoms with E-state index in [9.17, 15) is 9.18 Å². The molecule has 0 radical (unpaired) electrons. The molecule has 0 bridgehead atoms. The topological polar surface area (TPSA) is 41.1 Å². The quantitative estimate of drug-likeness (QED) is 0.875. The standard InChI is InChI=1S/C15H21FN2O/c1-15(2,14(19)17-3)9-18-13-7-4-10-8-11(16)5-6-12(10)13/h5-6,8,13,18H,4,7,9H2,1-3H3,(H,17,19). The number of hydrogen-bond acceptors (Lipinski definition) is 2. The van der Waals surface area contributed by atoms with Crippen LogP contribution in [0.25, 0.3) is 0 Å². The zero-order valence-electron chi connectivity index (χ0n) is 11.7. The van der Waals surface area contributed by atoms with Crippen LogP contribution in [0.3, 0.4) is 0 Å². The van der Waals surface area contributed by atoms with Crippen molar-refractivity contribution in [1.82, 2.24) is 10.6 Å². The van der Waals surface area contributed by atoms with Crippen molar-refractivity contribution in [3.63, 3.8) is 0 Å². The van der Waals surface area contributed by atoms with Gasteiger partial charge in [-0.15, -0.1) is 0 Å². The molecule has 0 saturated carbocycles. The Morgan fingerprint density at radius 3 is 2.89 bits per heavy atom. The number of benzene rings is 1. The summed E-state index contributed by atoms with van der Waals surface area (Å²) in [6.07, 6.45) is 1.85. The van der Waals surface area contributed by atoms with Gasteiger partial charge in [-0.3, -0.25) is 4.79 Å². The Kier molecular flexibility index (Phi) is 3.90. The molecule has 1 aliphatic carbocycles. The minimum absolute atomic E-state index is 0.0253. The third kappa shape index (κ3) is 2.95. The molecule has 1 amide bonds. The summed E-state index contributed by atoms with van der Waals surface area (Å²) in [6.45, 7) is 4.44. The maximum Gasteiger partial charge on any atom is 0.226 e. The highest BCUT2D eigenvalue weighted by atomic mass is 19.1. The minimum atomic E-state index is -0.447. The average Bonchev–Trinajstić information content (AvgIpc) is 2.77. The predicted octanol–water partition coefficient (Wildman–Crippen LogP) is 2.17. The number of carbonyl (C=O) groups excluding carboxylic acids is 1. The van der Waals surface area contributed by atoms with Gasteiger partial charge in [0.1, 0.15) is 5.82 Å². The average molecular weight is 264 g/mol. The summed E-state index contributed by atoms with van der Waals surface area (Å²) in [5.41, 5.74) is 1.79. The van der Waals surface area contributed by atoms with E-state index in [1.165, 1.54) is 6.07 Å². The Labute approximate surface area is 113 Å². The molecule has 0 fully saturated rings. The van der Waals surface area contributed by atoms with Crippen molar-refractivity contribution in [2.24, 2.45) is 5.41 Å². The van der Waals surface area contributed by atoms with Gasteiger partial charge in [0, 0.05) is 19.6 Å². The third-order valence-corrected chi connectivity index (χ3v) is 3.81. The van der Waals surface area contributed by atoms with Gasteiger partial charge < -0.3 is 10.6 Å². The van der Waals surface area contributed by atoms with Gasteiger partial charge in [0.2, 0.25) is 5.91 Å². The lowest BCUT2D eigenvalue weighted by molar-refractivity contribution is -0.128. The van der Waals surface area contributed by atoms with E-state index in [4.69, 9.17) is 0 Å². The zero-order valence-corrected chi connectivity index (χ0v) is 11.7. The Balaban J connectivity index is 2.02. The van der Waals surface area contributed by atoms with Crippen LogP contribution < -0.4 is 10.6 Å². The largest absolute Gasteiger partial charge is 0.359 e. The van der Waals surface area contributed by atoms with Crippen molar-refractivity contribution >= 4 is 5.91 Å². The lowest BCUT2D eigenvalue weighted by Gasteiger charge is -2.25. The maximum absolute atomic E-state index is 13.1. The number of halogens is 1. The van der Waals surface area contributed by atoms with Crippen LogP contribution in [0.2, 0.25) is 0 Å². The summed E-state index contributed by atoms with van der Waals surface area (Å²) in [4.78, 5) is 11.7. The van der Waals surface area contributed by atoms with E-state index >= 15 is 0 Å². The SMILES string of the molecule is CNC(=O)C(C)(C)CNC1CCc2cc(F)ccc21. The number of fused-ring (bicyclic) bond motifs is 1. The number of nitrogens with one attached hydrogen (secondary N) is 2. The zero-order chi connectivity index (χ0) is 14.0. The number of hydrogen-bond donors (Lipinski definition) is 2. The summed E-state index contributed by atoms with van der Waals surface area (Å²) in [5.74, 6) is -0.151. The van der Waals surface area contributed by atoms with Gasteiger partial charge in [-0.05, 0) is 49.9 Å². The molecule has 1 atom stereocenters. The Bertz CT molecular complexity index is 485. The summed E-state index contributed by atoms with van der Waals surface area (Å²) < 4.78 is 13.1. The van der Waals surface area contributed by atoms with Gasteiger partial charge >= 0.3 is 0 Å². The van der Waals surface area contributed by atoms with E-state index in [2.05, 4.69) is 10.6 Å². The molecule has 19 heavy (non-hydrogen) atoms. The first kappa shape index (κ1) is 14.0.